The number of para-hydroxylation sites is 2. The minimum absolute atomic E-state index is 0.369. The van der Waals surface area contributed by atoms with Crippen LogP contribution in [0.3, 0.4) is 0 Å². The molecule has 116 valence electrons. The Morgan fingerprint density at radius 1 is 1.05 bits per heavy atom. The quantitative estimate of drug-likeness (QED) is 0.815. The lowest BCUT2D eigenvalue weighted by atomic mass is 9.85. The van der Waals surface area contributed by atoms with E-state index in [2.05, 4.69) is 5.10 Å². The van der Waals surface area contributed by atoms with E-state index in [1.54, 1.807) is 11.8 Å². The highest BCUT2D eigenvalue weighted by Crippen LogP contribution is 2.36. The van der Waals surface area contributed by atoms with Crippen molar-refractivity contribution in [3.05, 3.63) is 36.5 Å². The molecule has 6 heteroatoms. The maximum atomic E-state index is 6.03. The molecule has 3 rings (SSSR count). The zero-order chi connectivity index (χ0) is 16.0. The summed E-state index contributed by atoms with van der Waals surface area (Å²) >= 11 is 0. The number of benzene rings is 1. The van der Waals surface area contributed by atoms with E-state index in [1.165, 1.54) is 0 Å². The van der Waals surface area contributed by atoms with Gasteiger partial charge >= 0.3 is 7.12 Å². The van der Waals surface area contributed by atoms with Crippen LogP contribution < -0.4 is 10.3 Å². The fourth-order valence-corrected chi connectivity index (χ4v) is 2.38. The highest BCUT2D eigenvalue weighted by atomic mass is 16.7. The van der Waals surface area contributed by atoms with Crippen LogP contribution in [0.15, 0.2) is 36.5 Å². The van der Waals surface area contributed by atoms with Crippen molar-refractivity contribution in [2.45, 2.75) is 38.9 Å². The third-order valence-corrected chi connectivity index (χ3v) is 4.44. The Morgan fingerprint density at radius 2 is 1.68 bits per heavy atom. The van der Waals surface area contributed by atoms with Crippen LogP contribution in [0.4, 0.5) is 0 Å². The van der Waals surface area contributed by atoms with Crippen molar-refractivity contribution in [3.8, 4) is 11.4 Å². The van der Waals surface area contributed by atoms with Crippen LogP contribution >= 0.6 is 0 Å². The third kappa shape index (κ3) is 2.42. The summed E-state index contributed by atoms with van der Waals surface area (Å²) in [5, 5.41) is 4.59. The second-order valence-corrected chi connectivity index (χ2v) is 6.45. The van der Waals surface area contributed by atoms with Crippen LogP contribution in [0.5, 0.6) is 5.75 Å². The predicted octanol–water partition coefficient (Wildman–Crippen LogP) is 2.18. The molecule has 1 saturated heterocycles. The molecule has 2 heterocycles. The van der Waals surface area contributed by atoms with Gasteiger partial charge in [-0.2, -0.15) is 5.10 Å². The number of ether oxygens (including phenoxy) is 1. The summed E-state index contributed by atoms with van der Waals surface area (Å²) in [5.41, 5.74) is 0.898. The van der Waals surface area contributed by atoms with Crippen LogP contribution in [0, 0.1) is 0 Å². The lowest BCUT2D eigenvalue weighted by Crippen LogP contribution is -2.41. The smallest absolute Gasteiger partial charge is 0.494 e. The van der Waals surface area contributed by atoms with Gasteiger partial charge in [-0.1, -0.05) is 12.1 Å². The van der Waals surface area contributed by atoms with Gasteiger partial charge in [0.1, 0.15) is 11.4 Å². The van der Waals surface area contributed by atoms with Gasteiger partial charge in [0.2, 0.25) is 0 Å². The number of methoxy groups -OCH3 is 1. The maximum Gasteiger partial charge on any atom is 0.516 e. The molecule has 0 radical (unpaired) electrons. The minimum atomic E-state index is -0.457. The van der Waals surface area contributed by atoms with Gasteiger partial charge in [-0.25, -0.2) is 4.68 Å². The number of hydrogen-bond donors (Lipinski definition) is 0. The van der Waals surface area contributed by atoms with E-state index in [0.29, 0.717) is 0 Å². The van der Waals surface area contributed by atoms with Crippen LogP contribution in [-0.4, -0.2) is 35.2 Å². The van der Waals surface area contributed by atoms with Crippen LogP contribution in [0.2, 0.25) is 0 Å². The van der Waals surface area contributed by atoms with E-state index in [-0.39, 0.29) is 11.2 Å². The minimum Gasteiger partial charge on any atom is -0.494 e. The molecule has 0 spiro atoms. The Bertz CT molecular complexity index is 666. The summed E-state index contributed by atoms with van der Waals surface area (Å²) in [6.45, 7) is 8.13. The zero-order valence-electron chi connectivity index (χ0n) is 13.7. The van der Waals surface area contributed by atoms with E-state index >= 15 is 0 Å². The van der Waals surface area contributed by atoms with Gasteiger partial charge in [0.25, 0.3) is 0 Å². The van der Waals surface area contributed by atoms with E-state index in [1.807, 2.05) is 64.2 Å². The Labute approximate surface area is 131 Å². The zero-order valence-corrected chi connectivity index (χ0v) is 13.7. The van der Waals surface area contributed by atoms with Gasteiger partial charge < -0.3 is 14.0 Å². The monoisotopic (exact) mass is 300 g/mol. The molecule has 1 aromatic heterocycles. The van der Waals surface area contributed by atoms with Gasteiger partial charge in [0.15, 0.2) is 0 Å². The largest absolute Gasteiger partial charge is 0.516 e. The highest BCUT2D eigenvalue weighted by molar-refractivity contribution is 6.61. The molecular weight excluding hydrogens is 279 g/mol. The third-order valence-electron chi connectivity index (χ3n) is 4.44. The average molecular weight is 300 g/mol. The molecule has 0 amide bonds. The molecule has 22 heavy (non-hydrogen) atoms. The molecule has 0 atom stereocenters. The van der Waals surface area contributed by atoms with E-state index < -0.39 is 7.12 Å². The molecule has 0 aliphatic carbocycles. The summed E-state index contributed by atoms with van der Waals surface area (Å²) in [7, 11) is 1.19. The standard InChI is InChI=1S/C16H21BN2O3/c1-15(2)16(3,4)22-17(21-15)14-10-11-19(18-14)12-8-6-7-9-13(12)20-5/h6-11H,1-5H3. The Kier molecular flexibility index (Phi) is 3.53. The SMILES string of the molecule is COc1ccccc1-n1ccc(B2OC(C)(C)C(C)(C)O2)n1. The second kappa shape index (κ2) is 5.14. The van der Waals surface area contributed by atoms with Crippen molar-refractivity contribution in [1.29, 1.82) is 0 Å². The number of aromatic nitrogens is 2. The van der Waals surface area contributed by atoms with Gasteiger partial charge in [0.05, 0.1) is 23.9 Å². The van der Waals surface area contributed by atoms with E-state index in [4.69, 9.17) is 14.0 Å². The lowest BCUT2D eigenvalue weighted by Gasteiger charge is -2.32. The maximum absolute atomic E-state index is 6.03. The summed E-state index contributed by atoms with van der Waals surface area (Å²) in [5.74, 6) is 0.770. The van der Waals surface area contributed by atoms with Gasteiger partial charge in [0, 0.05) is 6.20 Å². The molecule has 0 unspecified atom stereocenters. The first-order chi connectivity index (χ1) is 10.3. The molecule has 2 aromatic rings. The predicted molar refractivity (Wildman–Crippen MR) is 85.8 cm³/mol. The fourth-order valence-electron chi connectivity index (χ4n) is 2.38. The van der Waals surface area contributed by atoms with Crippen LogP contribution in [0.1, 0.15) is 27.7 Å². The Balaban J connectivity index is 1.89. The first-order valence-corrected chi connectivity index (χ1v) is 7.39. The van der Waals surface area contributed by atoms with Crippen molar-refractivity contribution in [3.63, 3.8) is 0 Å². The Hall–Kier alpha value is -1.79. The van der Waals surface area contributed by atoms with Gasteiger partial charge in [-0.3, -0.25) is 0 Å². The second-order valence-electron chi connectivity index (χ2n) is 6.45. The van der Waals surface area contributed by atoms with Gasteiger partial charge in [-0.15, -0.1) is 0 Å². The van der Waals surface area contributed by atoms with Crippen molar-refractivity contribution in [2.24, 2.45) is 0 Å². The molecule has 1 aliphatic rings. The van der Waals surface area contributed by atoms with Crippen molar-refractivity contribution < 1.29 is 14.0 Å². The van der Waals surface area contributed by atoms with Crippen molar-refractivity contribution in [2.75, 3.05) is 7.11 Å². The summed E-state index contributed by atoms with van der Waals surface area (Å²) < 4.78 is 19.2. The van der Waals surface area contributed by atoms with Crippen LogP contribution in [0.25, 0.3) is 5.69 Å². The summed E-state index contributed by atoms with van der Waals surface area (Å²) in [4.78, 5) is 0. The normalized spacial score (nSPS) is 19.4. The molecule has 0 saturated carbocycles. The first-order valence-electron chi connectivity index (χ1n) is 7.39. The van der Waals surface area contributed by atoms with Crippen molar-refractivity contribution >= 4 is 12.7 Å². The molecule has 5 nitrogen and oxygen atoms in total. The average Bonchev–Trinajstić information content (AvgIpc) is 3.02. The van der Waals surface area contributed by atoms with E-state index in [9.17, 15) is 0 Å². The Morgan fingerprint density at radius 3 is 2.32 bits per heavy atom. The molecule has 0 bridgehead atoms. The number of nitrogens with zero attached hydrogens (tertiary/aromatic N) is 2. The van der Waals surface area contributed by atoms with Gasteiger partial charge in [-0.05, 0) is 45.9 Å². The molecule has 1 aromatic carbocycles. The molecule has 1 fully saturated rings. The summed E-state index contributed by atoms with van der Waals surface area (Å²) in [6, 6.07) is 9.66. The molecule has 1 aliphatic heterocycles. The molecular formula is C16H21BN2O3. The lowest BCUT2D eigenvalue weighted by molar-refractivity contribution is 0.00578. The van der Waals surface area contributed by atoms with Crippen LogP contribution in [-0.2, 0) is 9.31 Å². The topological polar surface area (TPSA) is 45.5 Å². The van der Waals surface area contributed by atoms with E-state index in [0.717, 1.165) is 17.0 Å². The fraction of sp³-hybridized carbons (Fsp3) is 0.438. The number of rotatable bonds is 3. The highest BCUT2D eigenvalue weighted by Gasteiger charge is 2.52. The first kappa shape index (κ1) is 15.1. The molecule has 0 N–H and O–H groups in total. The number of hydrogen-bond acceptors (Lipinski definition) is 4. The summed E-state index contributed by atoms with van der Waals surface area (Å²) in [6.07, 6.45) is 1.89. The van der Waals surface area contributed by atoms with Crippen molar-refractivity contribution in [1.82, 2.24) is 9.78 Å².